The zero-order valence-corrected chi connectivity index (χ0v) is 12.4. The summed E-state index contributed by atoms with van der Waals surface area (Å²) in [4.78, 5) is 37.3. The minimum absolute atomic E-state index is 0.0956. The van der Waals surface area contributed by atoms with Crippen LogP contribution in [0.3, 0.4) is 0 Å². The largest absolute Gasteiger partial charge is 0.480 e. The SMILES string of the molecule is CC(C)(C)OC(=O)N1CCC2(COC(=O)N2CC(=O)O)C1. The molecule has 118 valence electrons. The molecule has 0 aliphatic carbocycles. The number of carbonyl (C=O) groups is 3. The zero-order valence-electron chi connectivity index (χ0n) is 12.4. The van der Waals surface area contributed by atoms with Gasteiger partial charge in [0.1, 0.15) is 24.3 Å². The summed E-state index contributed by atoms with van der Waals surface area (Å²) in [5.41, 5.74) is -1.36. The highest BCUT2D eigenvalue weighted by Crippen LogP contribution is 2.34. The Morgan fingerprint density at radius 3 is 2.67 bits per heavy atom. The Morgan fingerprint density at radius 2 is 2.10 bits per heavy atom. The molecule has 1 atom stereocenters. The van der Waals surface area contributed by atoms with Crippen LogP contribution >= 0.6 is 0 Å². The Morgan fingerprint density at radius 1 is 1.43 bits per heavy atom. The standard InChI is InChI=1S/C13H20N2O6/c1-12(2,3)21-10(18)14-5-4-13(7-14)8-20-11(19)15(13)6-9(16)17/h4-8H2,1-3H3,(H,16,17). The second kappa shape index (κ2) is 5.09. The first-order valence-corrected chi connectivity index (χ1v) is 6.77. The van der Waals surface area contributed by atoms with Crippen molar-refractivity contribution in [2.24, 2.45) is 0 Å². The van der Waals surface area contributed by atoms with Crippen LogP contribution in [0.4, 0.5) is 9.59 Å². The number of carboxylic acid groups (broad SMARTS) is 1. The normalized spacial score (nSPS) is 25.4. The van der Waals surface area contributed by atoms with Crippen molar-refractivity contribution in [3.63, 3.8) is 0 Å². The first-order valence-electron chi connectivity index (χ1n) is 6.77. The van der Waals surface area contributed by atoms with E-state index in [1.54, 1.807) is 20.8 Å². The predicted octanol–water partition coefficient (Wildman–Crippen LogP) is 0.903. The molecule has 2 fully saturated rings. The number of ether oxygens (including phenoxy) is 2. The average Bonchev–Trinajstić information content (AvgIpc) is 2.87. The molecular formula is C13H20N2O6. The van der Waals surface area contributed by atoms with E-state index in [0.29, 0.717) is 13.0 Å². The predicted molar refractivity (Wildman–Crippen MR) is 70.8 cm³/mol. The van der Waals surface area contributed by atoms with Gasteiger partial charge in [0.2, 0.25) is 0 Å². The van der Waals surface area contributed by atoms with Crippen molar-refractivity contribution in [3.8, 4) is 0 Å². The third-order valence-electron chi connectivity index (χ3n) is 3.53. The van der Waals surface area contributed by atoms with Crippen molar-refractivity contribution in [1.82, 2.24) is 9.80 Å². The van der Waals surface area contributed by atoms with Gasteiger partial charge in [-0.1, -0.05) is 0 Å². The van der Waals surface area contributed by atoms with Gasteiger partial charge in [-0.25, -0.2) is 9.59 Å². The molecule has 2 heterocycles. The van der Waals surface area contributed by atoms with Crippen LogP contribution in [0.1, 0.15) is 27.2 Å². The Hall–Kier alpha value is -1.99. The highest BCUT2D eigenvalue weighted by molar-refractivity contribution is 5.79. The molecule has 0 bridgehead atoms. The lowest BCUT2D eigenvalue weighted by Crippen LogP contribution is -2.51. The van der Waals surface area contributed by atoms with E-state index in [4.69, 9.17) is 14.6 Å². The summed E-state index contributed by atoms with van der Waals surface area (Å²) in [6.07, 6.45) is -0.636. The summed E-state index contributed by atoms with van der Waals surface area (Å²) < 4.78 is 10.3. The van der Waals surface area contributed by atoms with Crippen molar-refractivity contribution < 1.29 is 29.0 Å². The zero-order chi connectivity index (χ0) is 15.8. The summed E-state index contributed by atoms with van der Waals surface area (Å²) in [6.45, 7) is 5.61. The van der Waals surface area contributed by atoms with Gasteiger partial charge in [-0.2, -0.15) is 0 Å². The molecule has 0 radical (unpaired) electrons. The highest BCUT2D eigenvalue weighted by Gasteiger charge is 2.53. The van der Waals surface area contributed by atoms with E-state index in [9.17, 15) is 14.4 Å². The Bertz CT molecular complexity index is 472. The van der Waals surface area contributed by atoms with Crippen LogP contribution in [-0.4, -0.2) is 70.4 Å². The van der Waals surface area contributed by atoms with Gasteiger partial charge < -0.3 is 19.5 Å². The van der Waals surface area contributed by atoms with E-state index in [1.165, 1.54) is 9.80 Å². The molecule has 1 unspecified atom stereocenters. The van der Waals surface area contributed by atoms with Crippen LogP contribution in [0, 0.1) is 0 Å². The van der Waals surface area contributed by atoms with Gasteiger partial charge in [0, 0.05) is 6.54 Å². The number of amides is 2. The first-order chi connectivity index (χ1) is 9.63. The smallest absolute Gasteiger partial charge is 0.411 e. The number of aliphatic carboxylic acids is 1. The number of carboxylic acids is 1. The summed E-state index contributed by atoms with van der Waals surface area (Å²) in [6, 6.07) is 0. The number of likely N-dealkylation sites (tertiary alicyclic amines) is 1. The van der Waals surface area contributed by atoms with Crippen LogP contribution in [0.15, 0.2) is 0 Å². The molecule has 2 aliphatic heterocycles. The van der Waals surface area contributed by atoms with Gasteiger partial charge in [0.05, 0.1) is 6.54 Å². The molecule has 2 aliphatic rings. The Labute approximate surface area is 122 Å². The molecule has 0 aromatic carbocycles. The van der Waals surface area contributed by atoms with Crippen LogP contribution in [0.5, 0.6) is 0 Å². The second-order valence-corrected chi connectivity index (χ2v) is 6.41. The van der Waals surface area contributed by atoms with E-state index in [1.807, 2.05) is 0 Å². The van der Waals surface area contributed by atoms with Gasteiger partial charge in [0.25, 0.3) is 0 Å². The van der Waals surface area contributed by atoms with Crippen molar-refractivity contribution in [2.75, 3.05) is 26.2 Å². The number of hydrogen-bond acceptors (Lipinski definition) is 5. The average molecular weight is 300 g/mol. The lowest BCUT2D eigenvalue weighted by molar-refractivity contribution is -0.138. The maximum Gasteiger partial charge on any atom is 0.411 e. The molecule has 0 saturated carbocycles. The van der Waals surface area contributed by atoms with Crippen LogP contribution in [0.2, 0.25) is 0 Å². The fraction of sp³-hybridized carbons (Fsp3) is 0.769. The van der Waals surface area contributed by atoms with Gasteiger partial charge in [-0.3, -0.25) is 9.69 Å². The van der Waals surface area contributed by atoms with Crippen molar-refractivity contribution >= 4 is 18.2 Å². The monoisotopic (exact) mass is 300 g/mol. The van der Waals surface area contributed by atoms with Crippen LogP contribution < -0.4 is 0 Å². The topological polar surface area (TPSA) is 96.4 Å². The van der Waals surface area contributed by atoms with E-state index < -0.39 is 35.8 Å². The molecule has 8 heteroatoms. The Kier molecular flexibility index (Phi) is 3.73. The van der Waals surface area contributed by atoms with Gasteiger partial charge in [-0.05, 0) is 27.2 Å². The molecule has 1 N–H and O–H groups in total. The first kappa shape index (κ1) is 15.4. The van der Waals surface area contributed by atoms with Crippen LogP contribution in [0.25, 0.3) is 0 Å². The molecule has 2 rings (SSSR count). The summed E-state index contributed by atoms with van der Waals surface area (Å²) in [5, 5.41) is 8.91. The second-order valence-electron chi connectivity index (χ2n) is 6.41. The molecule has 1 spiro atoms. The van der Waals surface area contributed by atoms with Gasteiger partial charge in [0.15, 0.2) is 0 Å². The van der Waals surface area contributed by atoms with E-state index in [-0.39, 0.29) is 13.2 Å². The fourth-order valence-electron chi connectivity index (χ4n) is 2.59. The van der Waals surface area contributed by atoms with E-state index >= 15 is 0 Å². The fourth-order valence-corrected chi connectivity index (χ4v) is 2.59. The lowest BCUT2D eigenvalue weighted by atomic mass is 9.99. The third kappa shape index (κ3) is 3.20. The van der Waals surface area contributed by atoms with Crippen molar-refractivity contribution in [1.29, 1.82) is 0 Å². The number of carbonyl (C=O) groups excluding carboxylic acids is 2. The maximum atomic E-state index is 12.1. The molecule has 0 aromatic heterocycles. The third-order valence-corrected chi connectivity index (χ3v) is 3.53. The van der Waals surface area contributed by atoms with E-state index in [0.717, 1.165) is 0 Å². The molecule has 2 amide bonds. The van der Waals surface area contributed by atoms with Gasteiger partial charge in [-0.15, -0.1) is 0 Å². The number of rotatable bonds is 2. The minimum atomic E-state index is -1.11. The number of cyclic esters (lactones) is 1. The van der Waals surface area contributed by atoms with Crippen molar-refractivity contribution in [2.45, 2.75) is 38.3 Å². The summed E-state index contributed by atoms with van der Waals surface area (Å²) in [5.74, 6) is -1.11. The molecule has 21 heavy (non-hydrogen) atoms. The molecule has 8 nitrogen and oxygen atoms in total. The number of nitrogens with zero attached hydrogens (tertiary/aromatic N) is 2. The highest BCUT2D eigenvalue weighted by atomic mass is 16.6. The molecular weight excluding hydrogens is 280 g/mol. The van der Waals surface area contributed by atoms with Gasteiger partial charge >= 0.3 is 18.2 Å². The molecule has 2 saturated heterocycles. The maximum absolute atomic E-state index is 12.1. The quantitative estimate of drug-likeness (QED) is 0.814. The lowest BCUT2D eigenvalue weighted by Gasteiger charge is -2.30. The Balaban J connectivity index is 2.07. The minimum Gasteiger partial charge on any atom is -0.480 e. The van der Waals surface area contributed by atoms with E-state index in [2.05, 4.69) is 0 Å². The molecule has 0 aromatic rings. The van der Waals surface area contributed by atoms with Crippen molar-refractivity contribution in [3.05, 3.63) is 0 Å². The van der Waals surface area contributed by atoms with Crippen LogP contribution in [-0.2, 0) is 14.3 Å². The number of hydrogen-bond donors (Lipinski definition) is 1. The summed E-state index contributed by atoms with van der Waals surface area (Å²) in [7, 11) is 0. The summed E-state index contributed by atoms with van der Waals surface area (Å²) >= 11 is 0.